The van der Waals surface area contributed by atoms with Crippen LogP contribution in [0.1, 0.15) is 18.7 Å². The lowest BCUT2D eigenvalue weighted by Crippen LogP contribution is -2.25. The molecule has 4 nitrogen and oxygen atoms in total. The van der Waals surface area contributed by atoms with Crippen LogP contribution in [0.15, 0.2) is 33.1 Å². The van der Waals surface area contributed by atoms with Gasteiger partial charge in [0.25, 0.3) is 5.56 Å². The summed E-state index contributed by atoms with van der Waals surface area (Å²) in [5, 5.41) is 5.12. The summed E-state index contributed by atoms with van der Waals surface area (Å²) in [6, 6.07) is 2.00. The normalized spacial score (nSPS) is 10.9. The van der Waals surface area contributed by atoms with Crippen LogP contribution in [-0.2, 0) is 13.1 Å². The second-order valence-electron chi connectivity index (χ2n) is 4.67. The number of anilines is 1. The molecule has 0 radical (unpaired) electrons. The van der Waals surface area contributed by atoms with Crippen molar-refractivity contribution in [3.63, 3.8) is 0 Å². The van der Waals surface area contributed by atoms with Gasteiger partial charge in [-0.15, -0.1) is 11.3 Å². The molecule has 102 valence electrons. The summed E-state index contributed by atoms with van der Waals surface area (Å²) in [5.74, 6) is 0.836. The van der Waals surface area contributed by atoms with E-state index in [-0.39, 0.29) is 5.56 Å². The molecule has 0 spiro atoms. The third-order valence-electron chi connectivity index (χ3n) is 2.58. The molecule has 2 aromatic heterocycles. The molecule has 0 unspecified atom stereocenters. The van der Waals surface area contributed by atoms with E-state index in [1.165, 1.54) is 0 Å². The van der Waals surface area contributed by atoms with Gasteiger partial charge >= 0.3 is 0 Å². The van der Waals surface area contributed by atoms with Crippen molar-refractivity contribution >= 4 is 33.1 Å². The molecule has 0 aliphatic carbocycles. The standard InChI is InChI=1S/C13H16BrN3OS/c1-9(2)8-17-5-4-15-12(13(17)18)16-7-11-10(14)3-6-19-11/h3-6,9H,7-8H2,1-2H3,(H,15,16). The van der Waals surface area contributed by atoms with Crippen LogP contribution < -0.4 is 10.9 Å². The number of hydrogen-bond donors (Lipinski definition) is 1. The predicted octanol–water partition coefficient (Wildman–Crippen LogP) is 3.34. The zero-order chi connectivity index (χ0) is 13.8. The zero-order valence-corrected chi connectivity index (χ0v) is 13.3. The van der Waals surface area contributed by atoms with Gasteiger partial charge in [-0.1, -0.05) is 13.8 Å². The highest BCUT2D eigenvalue weighted by Gasteiger charge is 2.07. The summed E-state index contributed by atoms with van der Waals surface area (Å²) < 4.78 is 2.76. The van der Waals surface area contributed by atoms with Gasteiger partial charge in [0.15, 0.2) is 5.82 Å². The Labute approximate surface area is 124 Å². The first-order chi connectivity index (χ1) is 9.08. The minimum atomic E-state index is -0.0659. The monoisotopic (exact) mass is 341 g/mol. The van der Waals surface area contributed by atoms with E-state index in [9.17, 15) is 4.79 Å². The minimum Gasteiger partial charge on any atom is -0.361 e. The first-order valence-corrected chi connectivity index (χ1v) is 7.76. The van der Waals surface area contributed by atoms with Crippen molar-refractivity contribution in [3.8, 4) is 0 Å². The number of aromatic nitrogens is 2. The van der Waals surface area contributed by atoms with Crippen LogP contribution in [0.5, 0.6) is 0 Å². The van der Waals surface area contributed by atoms with Crippen molar-refractivity contribution in [3.05, 3.63) is 43.5 Å². The summed E-state index contributed by atoms with van der Waals surface area (Å²) in [4.78, 5) is 17.5. The summed E-state index contributed by atoms with van der Waals surface area (Å²) in [6.07, 6.45) is 3.39. The number of nitrogens with zero attached hydrogens (tertiary/aromatic N) is 2. The van der Waals surface area contributed by atoms with Gasteiger partial charge in [-0.25, -0.2) is 4.98 Å². The highest BCUT2D eigenvalue weighted by molar-refractivity contribution is 9.10. The number of nitrogens with one attached hydrogen (secondary N) is 1. The Bertz CT molecular complexity index is 606. The number of thiophene rings is 1. The molecule has 0 aliphatic rings. The lowest BCUT2D eigenvalue weighted by molar-refractivity contribution is 0.509. The van der Waals surface area contributed by atoms with Crippen molar-refractivity contribution in [2.24, 2.45) is 5.92 Å². The maximum atomic E-state index is 12.2. The maximum absolute atomic E-state index is 12.2. The number of halogens is 1. The van der Waals surface area contributed by atoms with Gasteiger partial charge < -0.3 is 9.88 Å². The molecular formula is C13H16BrN3OS. The zero-order valence-electron chi connectivity index (χ0n) is 10.9. The minimum absolute atomic E-state index is 0.0659. The van der Waals surface area contributed by atoms with Crippen LogP contribution in [0.4, 0.5) is 5.82 Å². The Morgan fingerprint density at radius 2 is 2.32 bits per heavy atom. The Morgan fingerprint density at radius 1 is 1.53 bits per heavy atom. The van der Waals surface area contributed by atoms with E-state index in [1.54, 1.807) is 28.3 Å². The fourth-order valence-corrected chi connectivity index (χ4v) is 3.15. The highest BCUT2D eigenvalue weighted by Crippen LogP contribution is 2.22. The van der Waals surface area contributed by atoms with Crippen molar-refractivity contribution in [2.75, 3.05) is 5.32 Å². The SMILES string of the molecule is CC(C)Cn1ccnc(NCc2sccc2Br)c1=O. The van der Waals surface area contributed by atoms with Gasteiger partial charge in [0, 0.05) is 28.3 Å². The Kier molecular flexibility index (Phi) is 4.76. The fraction of sp³-hybridized carbons (Fsp3) is 0.385. The topological polar surface area (TPSA) is 46.9 Å². The predicted molar refractivity (Wildman–Crippen MR) is 82.7 cm³/mol. The molecule has 0 fully saturated rings. The molecule has 2 heterocycles. The molecule has 0 atom stereocenters. The van der Waals surface area contributed by atoms with E-state index >= 15 is 0 Å². The van der Waals surface area contributed by atoms with Crippen LogP contribution >= 0.6 is 27.3 Å². The first kappa shape index (κ1) is 14.3. The molecule has 0 saturated heterocycles. The van der Waals surface area contributed by atoms with E-state index in [0.29, 0.717) is 24.8 Å². The third-order valence-corrected chi connectivity index (χ3v) is 4.51. The summed E-state index contributed by atoms with van der Waals surface area (Å²) in [5.41, 5.74) is -0.0659. The van der Waals surface area contributed by atoms with Gasteiger partial charge in [0.1, 0.15) is 0 Å². The molecule has 0 saturated carbocycles. The average Bonchev–Trinajstić information content (AvgIpc) is 2.76. The third kappa shape index (κ3) is 3.67. The van der Waals surface area contributed by atoms with Gasteiger partial charge in [0.2, 0.25) is 0 Å². The second kappa shape index (κ2) is 6.34. The van der Waals surface area contributed by atoms with Crippen molar-refractivity contribution in [2.45, 2.75) is 26.9 Å². The quantitative estimate of drug-likeness (QED) is 0.907. The number of rotatable bonds is 5. The van der Waals surface area contributed by atoms with Crippen LogP contribution in [0.2, 0.25) is 0 Å². The Morgan fingerprint density at radius 3 is 2.95 bits per heavy atom. The largest absolute Gasteiger partial charge is 0.361 e. The van der Waals surface area contributed by atoms with Gasteiger partial charge in [-0.2, -0.15) is 0 Å². The second-order valence-corrected chi connectivity index (χ2v) is 6.53. The lowest BCUT2D eigenvalue weighted by Gasteiger charge is -2.10. The Balaban J connectivity index is 2.13. The van der Waals surface area contributed by atoms with Gasteiger partial charge in [0.05, 0.1) is 6.54 Å². The van der Waals surface area contributed by atoms with Crippen molar-refractivity contribution < 1.29 is 0 Å². The molecule has 19 heavy (non-hydrogen) atoms. The molecule has 1 N–H and O–H groups in total. The summed E-state index contributed by atoms with van der Waals surface area (Å²) >= 11 is 5.12. The highest BCUT2D eigenvalue weighted by atomic mass is 79.9. The van der Waals surface area contributed by atoms with E-state index in [1.807, 2.05) is 11.4 Å². The van der Waals surface area contributed by atoms with Crippen LogP contribution in [0, 0.1) is 5.92 Å². The number of hydrogen-bond acceptors (Lipinski definition) is 4. The summed E-state index contributed by atoms with van der Waals surface area (Å²) in [6.45, 7) is 5.48. The molecule has 0 aliphatic heterocycles. The van der Waals surface area contributed by atoms with Gasteiger partial charge in [-0.3, -0.25) is 4.79 Å². The van der Waals surface area contributed by atoms with E-state index in [0.717, 1.165) is 9.35 Å². The molecule has 0 aromatic carbocycles. The van der Waals surface area contributed by atoms with E-state index in [4.69, 9.17) is 0 Å². The molecule has 0 amide bonds. The van der Waals surface area contributed by atoms with Crippen molar-refractivity contribution in [1.29, 1.82) is 0 Å². The maximum Gasteiger partial charge on any atom is 0.293 e. The first-order valence-electron chi connectivity index (χ1n) is 6.09. The fourth-order valence-electron chi connectivity index (χ4n) is 1.72. The summed E-state index contributed by atoms with van der Waals surface area (Å²) in [7, 11) is 0. The van der Waals surface area contributed by atoms with E-state index < -0.39 is 0 Å². The molecule has 2 rings (SSSR count). The molecule has 6 heteroatoms. The smallest absolute Gasteiger partial charge is 0.293 e. The van der Waals surface area contributed by atoms with Crippen LogP contribution in [0.25, 0.3) is 0 Å². The van der Waals surface area contributed by atoms with Crippen LogP contribution in [0.3, 0.4) is 0 Å². The molecule has 2 aromatic rings. The van der Waals surface area contributed by atoms with Crippen LogP contribution in [-0.4, -0.2) is 9.55 Å². The molecular weight excluding hydrogens is 326 g/mol. The van der Waals surface area contributed by atoms with E-state index in [2.05, 4.69) is 40.1 Å². The lowest BCUT2D eigenvalue weighted by atomic mass is 10.2. The Hall–Kier alpha value is -1.14. The average molecular weight is 342 g/mol. The van der Waals surface area contributed by atoms with Gasteiger partial charge in [-0.05, 0) is 33.3 Å². The van der Waals surface area contributed by atoms with Crippen molar-refractivity contribution in [1.82, 2.24) is 9.55 Å². The molecule has 0 bridgehead atoms.